The Morgan fingerprint density at radius 1 is 0.971 bits per heavy atom. The molecule has 4 rings (SSSR count). The number of nitrogens with one attached hydrogen (secondary N) is 1. The summed E-state index contributed by atoms with van der Waals surface area (Å²) in [6.45, 7) is 4.12. The molecule has 0 fully saturated rings. The minimum atomic E-state index is -0.0210. The van der Waals surface area contributed by atoms with Gasteiger partial charge in [-0.1, -0.05) is 41.9 Å². The summed E-state index contributed by atoms with van der Waals surface area (Å²) in [6, 6.07) is 23.4. The van der Waals surface area contributed by atoms with Gasteiger partial charge < -0.3 is 14.6 Å². The molecule has 0 unspecified atom stereocenters. The summed E-state index contributed by atoms with van der Waals surface area (Å²) in [5.74, 6) is 1.88. The summed E-state index contributed by atoms with van der Waals surface area (Å²) in [6.07, 6.45) is 3.58. The van der Waals surface area contributed by atoms with Crippen LogP contribution in [0.4, 0.5) is 0 Å². The Kier molecular flexibility index (Phi) is 8.21. The molecule has 34 heavy (non-hydrogen) atoms. The average molecular weight is 476 g/mol. The van der Waals surface area contributed by atoms with Gasteiger partial charge in [0.25, 0.3) is 5.91 Å². The Bertz CT molecular complexity index is 1230. The third kappa shape index (κ3) is 6.17. The summed E-state index contributed by atoms with van der Waals surface area (Å²) in [7, 11) is 0. The molecule has 1 amide bonds. The van der Waals surface area contributed by atoms with Gasteiger partial charge in [0.1, 0.15) is 11.6 Å². The van der Waals surface area contributed by atoms with Crippen LogP contribution in [0.2, 0.25) is 5.02 Å². The van der Waals surface area contributed by atoms with E-state index in [1.807, 2.05) is 61.5 Å². The molecule has 0 radical (unpaired) electrons. The minimum Gasteiger partial charge on any atom is -0.494 e. The first-order valence-corrected chi connectivity index (χ1v) is 12.2. The van der Waals surface area contributed by atoms with E-state index >= 15 is 0 Å². The lowest BCUT2D eigenvalue weighted by atomic mass is 10.1. The van der Waals surface area contributed by atoms with E-state index in [2.05, 4.69) is 28.1 Å². The predicted molar refractivity (Wildman–Crippen MR) is 138 cm³/mol. The summed E-state index contributed by atoms with van der Waals surface area (Å²) < 4.78 is 8.13. The van der Waals surface area contributed by atoms with Crippen molar-refractivity contribution in [3.05, 3.63) is 94.8 Å². The number of halogens is 1. The van der Waals surface area contributed by atoms with Crippen LogP contribution < -0.4 is 10.1 Å². The number of carbonyl (C=O) groups excluding carboxylic acids is 1. The van der Waals surface area contributed by atoms with E-state index < -0.39 is 0 Å². The number of aromatic nitrogens is 2. The fraction of sp³-hybridized carbons (Fsp3) is 0.286. The zero-order valence-electron chi connectivity index (χ0n) is 19.5. The predicted octanol–water partition coefficient (Wildman–Crippen LogP) is 6.22. The first-order valence-electron chi connectivity index (χ1n) is 11.8. The topological polar surface area (TPSA) is 56.2 Å². The highest BCUT2D eigenvalue weighted by Crippen LogP contribution is 2.19. The van der Waals surface area contributed by atoms with Gasteiger partial charge in [0.15, 0.2) is 0 Å². The van der Waals surface area contributed by atoms with E-state index in [-0.39, 0.29) is 5.91 Å². The fourth-order valence-corrected chi connectivity index (χ4v) is 4.16. The van der Waals surface area contributed by atoms with E-state index in [9.17, 15) is 4.79 Å². The van der Waals surface area contributed by atoms with Gasteiger partial charge in [0, 0.05) is 30.1 Å². The van der Waals surface area contributed by atoms with Gasteiger partial charge in [-0.2, -0.15) is 0 Å². The maximum atomic E-state index is 12.5. The van der Waals surface area contributed by atoms with Crippen LogP contribution in [0, 0.1) is 6.92 Å². The lowest BCUT2D eigenvalue weighted by molar-refractivity contribution is 0.0952. The van der Waals surface area contributed by atoms with E-state index in [0.29, 0.717) is 18.2 Å². The third-order valence-electron chi connectivity index (χ3n) is 5.84. The molecule has 0 saturated heterocycles. The van der Waals surface area contributed by atoms with Crippen LogP contribution in [0.25, 0.3) is 11.0 Å². The van der Waals surface area contributed by atoms with Gasteiger partial charge in [-0.25, -0.2) is 4.98 Å². The zero-order chi connectivity index (χ0) is 23.8. The highest BCUT2D eigenvalue weighted by molar-refractivity contribution is 6.30. The maximum Gasteiger partial charge on any atom is 0.251 e. The van der Waals surface area contributed by atoms with Gasteiger partial charge in [0.05, 0.1) is 17.6 Å². The molecule has 3 aromatic carbocycles. The van der Waals surface area contributed by atoms with Crippen molar-refractivity contribution in [1.29, 1.82) is 0 Å². The van der Waals surface area contributed by atoms with E-state index in [1.54, 1.807) is 0 Å². The molecule has 4 aromatic rings. The number of para-hydroxylation sites is 2. The van der Waals surface area contributed by atoms with E-state index in [1.165, 1.54) is 0 Å². The van der Waals surface area contributed by atoms with Crippen molar-refractivity contribution in [2.45, 2.75) is 39.2 Å². The second-order valence-electron chi connectivity index (χ2n) is 8.35. The molecule has 0 atom stereocenters. The molecular formula is C28H30ClN3O2. The zero-order valence-corrected chi connectivity index (χ0v) is 20.2. The normalized spacial score (nSPS) is 11.0. The van der Waals surface area contributed by atoms with Crippen LogP contribution in [0.15, 0.2) is 72.8 Å². The molecule has 5 nitrogen and oxygen atoms in total. The SMILES string of the molecule is Cc1ccccc1C(=O)NCCCc1nc2ccccc2n1CCCCOc1ccc(Cl)cc1. The molecule has 0 aliphatic rings. The van der Waals surface area contributed by atoms with Gasteiger partial charge >= 0.3 is 0 Å². The van der Waals surface area contributed by atoms with Crippen LogP contribution in [0.1, 0.15) is 41.0 Å². The fourth-order valence-electron chi connectivity index (χ4n) is 4.03. The van der Waals surface area contributed by atoms with Crippen LogP contribution in [0.5, 0.6) is 5.75 Å². The van der Waals surface area contributed by atoms with Crippen molar-refractivity contribution in [1.82, 2.24) is 14.9 Å². The highest BCUT2D eigenvalue weighted by atomic mass is 35.5. The summed E-state index contributed by atoms with van der Waals surface area (Å²) in [5.41, 5.74) is 3.89. The lowest BCUT2D eigenvalue weighted by Gasteiger charge is -2.11. The number of rotatable bonds is 11. The van der Waals surface area contributed by atoms with Crippen molar-refractivity contribution in [2.75, 3.05) is 13.2 Å². The van der Waals surface area contributed by atoms with Crippen LogP contribution in [0.3, 0.4) is 0 Å². The molecule has 1 N–H and O–H groups in total. The number of hydrogen-bond donors (Lipinski definition) is 1. The molecule has 1 aromatic heterocycles. The van der Waals surface area contributed by atoms with E-state index in [0.717, 1.165) is 66.0 Å². The second kappa shape index (κ2) is 11.7. The molecule has 0 saturated carbocycles. The molecular weight excluding hydrogens is 446 g/mol. The molecule has 0 aliphatic carbocycles. The minimum absolute atomic E-state index is 0.0210. The summed E-state index contributed by atoms with van der Waals surface area (Å²) in [5, 5.41) is 3.75. The van der Waals surface area contributed by atoms with Crippen molar-refractivity contribution in [3.8, 4) is 5.75 Å². The van der Waals surface area contributed by atoms with Crippen molar-refractivity contribution < 1.29 is 9.53 Å². The molecule has 176 valence electrons. The maximum absolute atomic E-state index is 12.5. The Balaban J connectivity index is 1.29. The van der Waals surface area contributed by atoms with E-state index in [4.69, 9.17) is 21.3 Å². The third-order valence-corrected chi connectivity index (χ3v) is 6.10. The smallest absolute Gasteiger partial charge is 0.251 e. The van der Waals surface area contributed by atoms with Crippen LogP contribution >= 0.6 is 11.6 Å². The summed E-state index contributed by atoms with van der Waals surface area (Å²) in [4.78, 5) is 17.3. The number of aryl methyl sites for hydroxylation is 3. The Morgan fingerprint density at radius 3 is 2.56 bits per heavy atom. The number of imidazole rings is 1. The lowest BCUT2D eigenvalue weighted by Crippen LogP contribution is -2.25. The number of benzene rings is 3. The first-order chi connectivity index (χ1) is 16.6. The standard InChI is InChI=1S/C28H30ClN3O2/c1-21-9-2-3-10-24(21)28(33)30-18-8-13-27-31-25-11-4-5-12-26(25)32(27)19-6-7-20-34-23-16-14-22(29)15-17-23/h2-5,9-12,14-17H,6-8,13,18-20H2,1H3,(H,30,33). The second-order valence-corrected chi connectivity index (χ2v) is 8.79. The molecule has 6 heteroatoms. The Morgan fingerprint density at radius 2 is 1.74 bits per heavy atom. The number of hydrogen-bond acceptors (Lipinski definition) is 3. The van der Waals surface area contributed by atoms with Crippen molar-refractivity contribution in [3.63, 3.8) is 0 Å². The number of fused-ring (bicyclic) bond motifs is 1. The summed E-state index contributed by atoms with van der Waals surface area (Å²) >= 11 is 5.93. The van der Waals surface area contributed by atoms with Crippen molar-refractivity contribution in [2.24, 2.45) is 0 Å². The molecule has 0 aliphatic heterocycles. The molecule has 1 heterocycles. The van der Waals surface area contributed by atoms with Gasteiger partial charge in [0.2, 0.25) is 0 Å². The number of unbranched alkanes of at least 4 members (excludes halogenated alkanes) is 1. The van der Waals surface area contributed by atoms with Crippen molar-refractivity contribution >= 4 is 28.5 Å². The Hall–Kier alpha value is -3.31. The first kappa shape index (κ1) is 23.8. The van der Waals surface area contributed by atoms with Gasteiger partial charge in [-0.05, 0) is 74.2 Å². The van der Waals surface area contributed by atoms with Gasteiger partial charge in [-0.3, -0.25) is 4.79 Å². The average Bonchev–Trinajstić information content (AvgIpc) is 3.20. The highest BCUT2D eigenvalue weighted by Gasteiger charge is 2.11. The quantitative estimate of drug-likeness (QED) is 0.262. The number of amides is 1. The van der Waals surface area contributed by atoms with Gasteiger partial charge in [-0.15, -0.1) is 0 Å². The van der Waals surface area contributed by atoms with Crippen LogP contribution in [-0.2, 0) is 13.0 Å². The Labute approximate surface area is 205 Å². The number of carbonyl (C=O) groups is 1. The number of ether oxygens (including phenoxy) is 1. The molecule has 0 bridgehead atoms. The largest absolute Gasteiger partial charge is 0.494 e. The monoisotopic (exact) mass is 475 g/mol. The molecule has 0 spiro atoms. The van der Waals surface area contributed by atoms with Crippen LogP contribution in [-0.4, -0.2) is 28.6 Å². The number of nitrogens with zero attached hydrogens (tertiary/aromatic N) is 2.